The molecular formula is C14H22N2O2S. The number of aliphatic hydroxyl groups excluding tert-OH is 1. The van der Waals surface area contributed by atoms with E-state index in [0.717, 1.165) is 19.3 Å². The Bertz CT molecular complexity index is 440. The molecule has 0 bridgehead atoms. The molecule has 0 saturated heterocycles. The molecule has 1 atom stereocenters. The van der Waals surface area contributed by atoms with Gasteiger partial charge in [0.05, 0.1) is 6.61 Å². The van der Waals surface area contributed by atoms with Crippen molar-refractivity contribution in [3.05, 3.63) is 21.9 Å². The Balaban J connectivity index is 1.69. The molecule has 106 valence electrons. The van der Waals surface area contributed by atoms with Crippen molar-refractivity contribution in [2.24, 2.45) is 5.41 Å². The molecule has 3 N–H and O–H groups in total. The monoisotopic (exact) mass is 282 g/mol. The lowest BCUT2D eigenvalue weighted by molar-refractivity contribution is 0.202. The summed E-state index contributed by atoms with van der Waals surface area (Å²) < 4.78 is 0. The van der Waals surface area contributed by atoms with Crippen molar-refractivity contribution >= 4 is 17.4 Å². The van der Waals surface area contributed by atoms with Gasteiger partial charge in [-0.25, -0.2) is 4.79 Å². The number of urea groups is 1. The van der Waals surface area contributed by atoms with Crippen molar-refractivity contribution in [2.45, 2.75) is 39.2 Å². The highest BCUT2D eigenvalue weighted by Crippen LogP contribution is 2.44. The number of hydrogen-bond acceptors (Lipinski definition) is 3. The van der Waals surface area contributed by atoms with Gasteiger partial charge in [-0.05, 0) is 38.8 Å². The highest BCUT2D eigenvalue weighted by atomic mass is 32.1. The van der Waals surface area contributed by atoms with Crippen molar-refractivity contribution in [1.82, 2.24) is 10.6 Å². The Morgan fingerprint density at radius 2 is 2.26 bits per heavy atom. The second kappa shape index (κ2) is 5.92. The van der Waals surface area contributed by atoms with Crippen LogP contribution < -0.4 is 10.6 Å². The summed E-state index contributed by atoms with van der Waals surface area (Å²) in [4.78, 5) is 14.3. The predicted octanol–water partition coefficient (Wildman–Crippen LogP) is 2.06. The van der Waals surface area contributed by atoms with Crippen LogP contribution in [0.15, 0.2) is 12.1 Å². The number of nitrogens with one attached hydrogen (secondary N) is 2. The van der Waals surface area contributed by atoms with Gasteiger partial charge in [0, 0.05) is 34.2 Å². The van der Waals surface area contributed by atoms with Crippen LogP contribution in [-0.4, -0.2) is 30.3 Å². The van der Waals surface area contributed by atoms with Crippen molar-refractivity contribution in [1.29, 1.82) is 0 Å². The van der Waals surface area contributed by atoms with Gasteiger partial charge in [-0.3, -0.25) is 0 Å². The molecule has 1 aromatic rings. The first-order valence-corrected chi connectivity index (χ1v) is 7.55. The maximum atomic E-state index is 11.7. The van der Waals surface area contributed by atoms with E-state index in [-0.39, 0.29) is 24.1 Å². The van der Waals surface area contributed by atoms with Crippen molar-refractivity contribution in [2.75, 3.05) is 13.2 Å². The Labute approximate surface area is 118 Å². The summed E-state index contributed by atoms with van der Waals surface area (Å²) in [6.45, 7) is 4.83. The highest BCUT2D eigenvalue weighted by molar-refractivity contribution is 7.11. The van der Waals surface area contributed by atoms with Gasteiger partial charge in [-0.15, -0.1) is 11.3 Å². The van der Waals surface area contributed by atoms with Gasteiger partial charge in [-0.1, -0.05) is 0 Å². The molecule has 1 saturated carbocycles. The van der Waals surface area contributed by atoms with Crippen LogP contribution in [0, 0.1) is 12.3 Å². The number of hydrogen-bond donors (Lipinski definition) is 3. The highest BCUT2D eigenvalue weighted by Gasteiger charge is 2.42. The van der Waals surface area contributed by atoms with E-state index in [9.17, 15) is 9.90 Å². The molecule has 4 nitrogen and oxygen atoms in total. The fourth-order valence-corrected chi connectivity index (χ4v) is 3.08. The second-order valence-corrected chi connectivity index (χ2v) is 6.98. The Morgan fingerprint density at radius 3 is 2.79 bits per heavy atom. The van der Waals surface area contributed by atoms with E-state index < -0.39 is 0 Å². The molecule has 0 spiro atoms. The van der Waals surface area contributed by atoms with Gasteiger partial charge in [0.15, 0.2) is 0 Å². The number of rotatable bonds is 6. The summed E-state index contributed by atoms with van der Waals surface area (Å²) in [5, 5.41) is 15.0. The number of aryl methyl sites for hydroxylation is 1. The molecule has 2 amide bonds. The minimum atomic E-state index is -0.138. The molecule has 1 aliphatic carbocycles. The quantitative estimate of drug-likeness (QED) is 0.748. The summed E-state index contributed by atoms with van der Waals surface area (Å²) in [6, 6.07) is 4.19. The minimum Gasteiger partial charge on any atom is -0.396 e. The van der Waals surface area contributed by atoms with Crippen molar-refractivity contribution < 1.29 is 9.90 Å². The fourth-order valence-electron chi connectivity index (χ4n) is 2.06. The van der Waals surface area contributed by atoms with Gasteiger partial charge in [0.25, 0.3) is 0 Å². The average Bonchev–Trinajstić information content (AvgIpc) is 3.04. The number of thiophene rings is 1. The smallest absolute Gasteiger partial charge is 0.315 e. The van der Waals surface area contributed by atoms with Gasteiger partial charge in [0.1, 0.15) is 0 Å². The molecular weight excluding hydrogens is 260 g/mol. The first-order valence-electron chi connectivity index (χ1n) is 6.73. The van der Waals surface area contributed by atoms with Crippen LogP contribution in [0.4, 0.5) is 4.79 Å². The van der Waals surface area contributed by atoms with Crippen LogP contribution in [-0.2, 0) is 6.42 Å². The summed E-state index contributed by atoms with van der Waals surface area (Å²) in [7, 11) is 0. The van der Waals surface area contributed by atoms with E-state index in [1.807, 2.05) is 6.92 Å². The molecule has 1 aliphatic rings. The summed E-state index contributed by atoms with van der Waals surface area (Å²) in [5.74, 6) is 0. The second-order valence-electron chi connectivity index (χ2n) is 5.60. The lowest BCUT2D eigenvalue weighted by Crippen LogP contribution is -2.44. The Hall–Kier alpha value is -1.07. The molecule has 0 aliphatic heterocycles. The van der Waals surface area contributed by atoms with Crippen molar-refractivity contribution in [3.63, 3.8) is 0 Å². The SMILES string of the molecule is Cc1ccc(CC(C)NC(=O)NCC2(CO)CC2)s1. The van der Waals surface area contributed by atoms with Crippen LogP contribution in [0.5, 0.6) is 0 Å². The van der Waals surface area contributed by atoms with Crippen LogP contribution in [0.25, 0.3) is 0 Å². The summed E-state index contributed by atoms with van der Waals surface area (Å²) in [5.41, 5.74) is -0.0363. The van der Waals surface area contributed by atoms with Gasteiger partial charge < -0.3 is 15.7 Å². The fraction of sp³-hybridized carbons (Fsp3) is 0.643. The molecule has 1 aromatic heterocycles. The van der Waals surface area contributed by atoms with E-state index in [1.54, 1.807) is 11.3 Å². The minimum absolute atomic E-state index is 0.0363. The van der Waals surface area contributed by atoms with E-state index in [2.05, 4.69) is 29.7 Å². The van der Waals surface area contributed by atoms with E-state index in [1.165, 1.54) is 9.75 Å². The number of aliphatic hydroxyl groups is 1. The van der Waals surface area contributed by atoms with Gasteiger partial charge >= 0.3 is 6.03 Å². The maximum Gasteiger partial charge on any atom is 0.315 e. The number of amides is 2. The average molecular weight is 282 g/mol. The molecule has 1 unspecified atom stereocenters. The molecule has 2 rings (SSSR count). The lowest BCUT2D eigenvalue weighted by atomic mass is 10.1. The largest absolute Gasteiger partial charge is 0.396 e. The summed E-state index contributed by atoms with van der Waals surface area (Å²) >= 11 is 1.77. The standard InChI is InChI=1S/C14H22N2O2S/c1-10(7-12-4-3-11(2)19-12)16-13(18)15-8-14(9-17)5-6-14/h3-4,10,17H,5-9H2,1-2H3,(H2,15,16,18). The zero-order chi connectivity index (χ0) is 13.9. The van der Waals surface area contributed by atoms with Crippen LogP contribution in [0.1, 0.15) is 29.5 Å². The van der Waals surface area contributed by atoms with E-state index in [4.69, 9.17) is 0 Å². The lowest BCUT2D eigenvalue weighted by Gasteiger charge is -2.16. The first-order chi connectivity index (χ1) is 9.03. The number of carbonyl (C=O) groups is 1. The predicted molar refractivity (Wildman–Crippen MR) is 77.5 cm³/mol. The molecule has 19 heavy (non-hydrogen) atoms. The third kappa shape index (κ3) is 4.21. The van der Waals surface area contributed by atoms with Gasteiger partial charge in [-0.2, -0.15) is 0 Å². The maximum absolute atomic E-state index is 11.7. The van der Waals surface area contributed by atoms with Crippen LogP contribution in [0.2, 0.25) is 0 Å². The zero-order valence-corrected chi connectivity index (χ0v) is 12.3. The normalized spacial score (nSPS) is 17.8. The molecule has 0 radical (unpaired) electrons. The topological polar surface area (TPSA) is 61.4 Å². The van der Waals surface area contributed by atoms with Crippen molar-refractivity contribution in [3.8, 4) is 0 Å². The molecule has 0 aromatic carbocycles. The zero-order valence-electron chi connectivity index (χ0n) is 11.5. The van der Waals surface area contributed by atoms with E-state index in [0.29, 0.717) is 6.54 Å². The third-order valence-corrected chi connectivity index (χ3v) is 4.62. The summed E-state index contributed by atoms with van der Waals surface area (Å²) in [6.07, 6.45) is 2.87. The van der Waals surface area contributed by atoms with E-state index >= 15 is 0 Å². The van der Waals surface area contributed by atoms with Crippen LogP contribution >= 0.6 is 11.3 Å². The third-order valence-electron chi connectivity index (χ3n) is 3.60. The number of carbonyl (C=O) groups excluding carboxylic acids is 1. The Kier molecular flexibility index (Phi) is 4.47. The molecule has 1 fully saturated rings. The van der Waals surface area contributed by atoms with Crippen LogP contribution in [0.3, 0.4) is 0 Å². The van der Waals surface area contributed by atoms with Gasteiger partial charge in [0.2, 0.25) is 0 Å². The molecule has 1 heterocycles. The molecule has 5 heteroatoms. The Morgan fingerprint density at radius 1 is 1.53 bits per heavy atom. The first kappa shape index (κ1) is 14.3.